The van der Waals surface area contributed by atoms with Gasteiger partial charge >= 0.3 is 0 Å². The zero-order valence-electron chi connectivity index (χ0n) is 12.0. The quantitative estimate of drug-likeness (QED) is 0.653. The molecule has 0 bridgehead atoms. The van der Waals surface area contributed by atoms with Crippen molar-refractivity contribution in [2.24, 2.45) is 0 Å². The minimum absolute atomic E-state index is 0.174. The van der Waals surface area contributed by atoms with Gasteiger partial charge in [-0.25, -0.2) is 4.39 Å². The van der Waals surface area contributed by atoms with E-state index in [9.17, 15) is 12.8 Å². The highest BCUT2D eigenvalue weighted by Gasteiger charge is 2.13. The van der Waals surface area contributed by atoms with Crippen molar-refractivity contribution in [1.82, 2.24) is 0 Å². The molecule has 0 unspecified atom stereocenters. The third-order valence-electron chi connectivity index (χ3n) is 3.22. The molecule has 4 nitrogen and oxygen atoms in total. The van der Waals surface area contributed by atoms with Crippen molar-refractivity contribution in [2.75, 3.05) is 6.26 Å². The van der Waals surface area contributed by atoms with Crippen LogP contribution < -0.4 is 0 Å². The Bertz CT molecular complexity index is 962. The number of benzene rings is 2. The molecule has 0 fully saturated rings. The molecule has 0 atom stereocenters. The Labute approximate surface area is 137 Å². The molecule has 0 saturated carbocycles. The van der Waals surface area contributed by atoms with Gasteiger partial charge in [-0.1, -0.05) is 11.6 Å². The van der Waals surface area contributed by atoms with E-state index in [0.717, 1.165) is 6.26 Å². The van der Waals surface area contributed by atoms with Crippen LogP contribution in [0.5, 0.6) is 0 Å². The number of halogens is 2. The van der Waals surface area contributed by atoms with Crippen molar-refractivity contribution < 1.29 is 21.4 Å². The largest absolute Gasteiger partial charge is 0.456 e. The van der Waals surface area contributed by atoms with Gasteiger partial charge in [0.2, 0.25) is 0 Å². The van der Waals surface area contributed by atoms with Gasteiger partial charge in [0.25, 0.3) is 10.1 Å². The maximum atomic E-state index is 13.0. The standard InChI is InChI=1S/C16H12ClFO4S/c1-23(19,20)21-9-12-7-13(17)6-11-8-15(22-16(11)12)10-2-4-14(18)5-3-10/h2-8H,9H2,1H3. The molecule has 1 heterocycles. The van der Waals surface area contributed by atoms with Crippen LogP contribution in [0.25, 0.3) is 22.3 Å². The zero-order valence-corrected chi connectivity index (χ0v) is 13.6. The first kappa shape index (κ1) is 16.0. The van der Waals surface area contributed by atoms with Gasteiger partial charge in [0.05, 0.1) is 12.9 Å². The highest BCUT2D eigenvalue weighted by molar-refractivity contribution is 7.85. The summed E-state index contributed by atoms with van der Waals surface area (Å²) in [7, 11) is -3.58. The van der Waals surface area contributed by atoms with Crippen LogP contribution in [-0.4, -0.2) is 14.7 Å². The lowest BCUT2D eigenvalue weighted by Gasteiger charge is -2.03. The van der Waals surface area contributed by atoms with Crippen LogP contribution in [0.2, 0.25) is 5.02 Å². The first-order valence-electron chi connectivity index (χ1n) is 6.64. The molecule has 0 spiro atoms. The van der Waals surface area contributed by atoms with E-state index in [1.54, 1.807) is 30.3 Å². The van der Waals surface area contributed by atoms with E-state index in [0.29, 0.717) is 32.9 Å². The van der Waals surface area contributed by atoms with E-state index in [4.69, 9.17) is 20.2 Å². The van der Waals surface area contributed by atoms with Gasteiger partial charge in [0.15, 0.2) is 0 Å². The van der Waals surface area contributed by atoms with Crippen LogP contribution in [0.15, 0.2) is 46.9 Å². The minimum Gasteiger partial charge on any atom is -0.456 e. The molecule has 0 saturated heterocycles. The van der Waals surface area contributed by atoms with Gasteiger partial charge in [-0.3, -0.25) is 4.18 Å². The molecule has 0 aliphatic heterocycles. The summed E-state index contributed by atoms with van der Waals surface area (Å²) in [5, 5.41) is 1.15. The number of fused-ring (bicyclic) bond motifs is 1. The second-order valence-corrected chi connectivity index (χ2v) is 7.15. The second kappa shape index (κ2) is 5.96. The number of furan rings is 1. The molecular formula is C16H12ClFO4S. The smallest absolute Gasteiger partial charge is 0.264 e. The lowest BCUT2D eigenvalue weighted by atomic mass is 10.1. The van der Waals surface area contributed by atoms with Crippen LogP contribution in [0.3, 0.4) is 0 Å². The van der Waals surface area contributed by atoms with Crippen molar-refractivity contribution in [2.45, 2.75) is 6.61 Å². The number of hydrogen-bond donors (Lipinski definition) is 0. The first-order valence-corrected chi connectivity index (χ1v) is 8.83. The van der Waals surface area contributed by atoms with Gasteiger partial charge < -0.3 is 4.42 Å². The third-order valence-corrected chi connectivity index (χ3v) is 3.98. The zero-order chi connectivity index (χ0) is 16.6. The van der Waals surface area contributed by atoms with Crippen molar-refractivity contribution in [3.8, 4) is 11.3 Å². The third kappa shape index (κ3) is 3.72. The maximum Gasteiger partial charge on any atom is 0.264 e. The fourth-order valence-electron chi connectivity index (χ4n) is 2.22. The monoisotopic (exact) mass is 354 g/mol. The Kier molecular flexibility index (Phi) is 4.14. The molecule has 2 aromatic carbocycles. The number of rotatable bonds is 4. The average Bonchev–Trinajstić information content (AvgIpc) is 2.88. The van der Waals surface area contributed by atoms with Crippen LogP contribution in [0.1, 0.15) is 5.56 Å². The maximum absolute atomic E-state index is 13.0. The van der Waals surface area contributed by atoms with E-state index < -0.39 is 10.1 Å². The molecule has 1 aromatic heterocycles. The lowest BCUT2D eigenvalue weighted by Crippen LogP contribution is -2.02. The normalized spacial score (nSPS) is 12.0. The molecule has 120 valence electrons. The summed E-state index contributed by atoms with van der Waals surface area (Å²) >= 11 is 6.05. The summed E-state index contributed by atoms with van der Waals surface area (Å²) in [6, 6.07) is 10.9. The first-order chi connectivity index (χ1) is 10.8. The summed E-state index contributed by atoms with van der Waals surface area (Å²) in [5.74, 6) is 0.193. The van der Waals surface area contributed by atoms with E-state index >= 15 is 0 Å². The second-order valence-electron chi connectivity index (χ2n) is 5.07. The van der Waals surface area contributed by atoms with Crippen molar-refractivity contribution in [1.29, 1.82) is 0 Å². The van der Waals surface area contributed by atoms with Crippen LogP contribution >= 0.6 is 11.6 Å². The molecule has 3 aromatic rings. The highest BCUT2D eigenvalue weighted by Crippen LogP contribution is 2.32. The summed E-state index contributed by atoms with van der Waals surface area (Å²) in [6.45, 7) is -0.174. The van der Waals surface area contributed by atoms with Crippen molar-refractivity contribution in [3.63, 3.8) is 0 Å². The molecule has 0 aliphatic carbocycles. The molecule has 0 N–H and O–H groups in total. The van der Waals surface area contributed by atoms with Gasteiger partial charge in [-0.15, -0.1) is 0 Å². The van der Waals surface area contributed by atoms with E-state index in [-0.39, 0.29) is 12.4 Å². The molecule has 0 aliphatic rings. The Morgan fingerprint density at radius 2 is 1.87 bits per heavy atom. The fraction of sp³-hybridized carbons (Fsp3) is 0.125. The van der Waals surface area contributed by atoms with Crippen molar-refractivity contribution >= 4 is 32.7 Å². The molecule has 3 rings (SSSR count). The fourth-order valence-corrected chi connectivity index (χ4v) is 2.81. The van der Waals surface area contributed by atoms with Gasteiger partial charge in [0, 0.05) is 21.5 Å². The Morgan fingerprint density at radius 1 is 1.17 bits per heavy atom. The molecule has 23 heavy (non-hydrogen) atoms. The van der Waals surface area contributed by atoms with Crippen LogP contribution in [0.4, 0.5) is 4.39 Å². The predicted molar refractivity (Wildman–Crippen MR) is 86.3 cm³/mol. The Morgan fingerprint density at radius 3 is 2.52 bits per heavy atom. The summed E-state index contributed by atoms with van der Waals surface area (Å²) in [5.41, 5.74) is 1.71. The van der Waals surface area contributed by atoms with E-state index in [1.165, 1.54) is 12.1 Å². The average molecular weight is 355 g/mol. The molecule has 0 radical (unpaired) electrons. The Hall–Kier alpha value is -1.89. The number of hydrogen-bond acceptors (Lipinski definition) is 4. The lowest BCUT2D eigenvalue weighted by molar-refractivity contribution is 0.311. The highest BCUT2D eigenvalue weighted by atomic mass is 35.5. The minimum atomic E-state index is -3.58. The van der Waals surface area contributed by atoms with Gasteiger partial charge in [0.1, 0.15) is 17.2 Å². The SMILES string of the molecule is CS(=O)(=O)OCc1cc(Cl)cc2cc(-c3ccc(F)cc3)oc12. The summed E-state index contributed by atoms with van der Waals surface area (Å²) < 4.78 is 45.9. The van der Waals surface area contributed by atoms with Crippen molar-refractivity contribution in [3.05, 3.63) is 58.9 Å². The van der Waals surface area contributed by atoms with E-state index in [1.807, 2.05) is 0 Å². The predicted octanol–water partition coefficient (Wildman–Crippen LogP) is 4.37. The Balaban J connectivity index is 2.06. The summed E-state index contributed by atoms with van der Waals surface area (Å²) in [4.78, 5) is 0. The topological polar surface area (TPSA) is 56.5 Å². The molecule has 0 amide bonds. The molecule has 7 heteroatoms. The van der Waals surface area contributed by atoms with Gasteiger partial charge in [-0.05, 0) is 42.5 Å². The molecular weight excluding hydrogens is 343 g/mol. The van der Waals surface area contributed by atoms with Crippen LogP contribution in [0, 0.1) is 5.82 Å². The van der Waals surface area contributed by atoms with E-state index in [2.05, 4.69) is 0 Å². The van der Waals surface area contributed by atoms with Crippen LogP contribution in [-0.2, 0) is 20.9 Å². The summed E-state index contributed by atoms with van der Waals surface area (Å²) in [6.07, 6.45) is 0.973. The van der Waals surface area contributed by atoms with Gasteiger partial charge in [-0.2, -0.15) is 8.42 Å².